The van der Waals surface area contributed by atoms with Gasteiger partial charge in [-0.2, -0.15) is 0 Å². The maximum atomic E-state index is 12.7. The van der Waals surface area contributed by atoms with E-state index in [-0.39, 0.29) is 28.9 Å². The number of aromatic amines is 1. The van der Waals surface area contributed by atoms with Gasteiger partial charge in [0.15, 0.2) is 0 Å². The molecule has 1 aliphatic rings. The fraction of sp³-hybridized carbons (Fsp3) is 0.455. The van der Waals surface area contributed by atoms with E-state index in [1.807, 2.05) is 25.2 Å². The Bertz CT molecular complexity index is 881. The zero-order valence-electron chi connectivity index (χ0n) is 16.8. The van der Waals surface area contributed by atoms with Crippen LogP contribution in [0.4, 0.5) is 0 Å². The summed E-state index contributed by atoms with van der Waals surface area (Å²) in [7, 11) is 1.82. The first kappa shape index (κ1) is 20.8. The molecule has 0 spiro atoms. The Kier molecular flexibility index (Phi) is 7.16. The van der Waals surface area contributed by atoms with Crippen molar-refractivity contribution in [3.05, 3.63) is 64.3 Å². The molecule has 0 unspecified atom stereocenters. The second kappa shape index (κ2) is 10.0. The van der Waals surface area contributed by atoms with Crippen molar-refractivity contribution in [3.8, 4) is 0 Å². The number of carbonyl (C=O) groups is 2. The molecule has 1 N–H and O–H groups in total. The monoisotopic (exact) mass is 396 g/mol. The van der Waals surface area contributed by atoms with E-state index >= 15 is 0 Å². The number of likely N-dealkylation sites (N-methyl/N-ethyl adjacent to an activating group) is 1. The molecular weight excluding hydrogens is 368 g/mol. The number of amides is 2. The molecule has 0 aliphatic carbocycles. The highest BCUT2D eigenvalue weighted by Gasteiger charge is 2.26. The highest BCUT2D eigenvalue weighted by molar-refractivity contribution is 5.93. The second-order valence-electron chi connectivity index (χ2n) is 7.60. The number of aromatic nitrogens is 2. The molecule has 7 nitrogen and oxygen atoms in total. The Hall–Kier alpha value is -2.96. The van der Waals surface area contributed by atoms with E-state index < -0.39 is 0 Å². The minimum atomic E-state index is -0.357. The summed E-state index contributed by atoms with van der Waals surface area (Å²) in [4.78, 5) is 47.3. The molecule has 29 heavy (non-hydrogen) atoms. The van der Waals surface area contributed by atoms with Crippen LogP contribution in [-0.4, -0.2) is 58.3 Å². The average molecular weight is 396 g/mol. The topological polar surface area (TPSA) is 86.4 Å². The van der Waals surface area contributed by atoms with Gasteiger partial charge in [0.25, 0.3) is 11.5 Å². The molecule has 0 radical (unpaired) electrons. The number of hydrogen-bond donors (Lipinski definition) is 1. The summed E-state index contributed by atoms with van der Waals surface area (Å²) >= 11 is 0. The summed E-state index contributed by atoms with van der Waals surface area (Å²) in [5, 5.41) is 0. The lowest BCUT2D eigenvalue weighted by Crippen LogP contribution is -2.42. The van der Waals surface area contributed by atoms with Crippen molar-refractivity contribution in [3.63, 3.8) is 0 Å². The quantitative estimate of drug-likeness (QED) is 0.777. The number of hydrogen-bond acceptors (Lipinski definition) is 4. The summed E-state index contributed by atoms with van der Waals surface area (Å²) in [6.45, 7) is 1.89. The Morgan fingerprint density at radius 3 is 2.90 bits per heavy atom. The molecule has 1 saturated heterocycles. The van der Waals surface area contributed by atoms with E-state index in [4.69, 9.17) is 0 Å². The zero-order valence-corrected chi connectivity index (χ0v) is 16.8. The maximum absolute atomic E-state index is 12.7. The van der Waals surface area contributed by atoms with Gasteiger partial charge in [-0.15, -0.1) is 0 Å². The number of nitrogens with one attached hydrogen (secondary N) is 1. The van der Waals surface area contributed by atoms with Gasteiger partial charge in [0.05, 0.1) is 0 Å². The van der Waals surface area contributed by atoms with Crippen molar-refractivity contribution < 1.29 is 9.59 Å². The van der Waals surface area contributed by atoms with Gasteiger partial charge in [-0.25, -0.2) is 0 Å². The summed E-state index contributed by atoms with van der Waals surface area (Å²) < 4.78 is 0. The van der Waals surface area contributed by atoms with Crippen molar-refractivity contribution in [2.45, 2.75) is 32.1 Å². The molecule has 0 bridgehead atoms. The molecule has 3 rings (SSSR count). The SMILES string of the molecule is CN(CCc1ccccn1)C(=O)CC[C@H]1CCCN(C(=O)c2ccc[nH]c2=O)C1. The Morgan fingerprint density at radius 1 is 1.28 bits per heavy atom. The number of nitrogens with zero attached hydrogens (tertiary/aromatic N) is 3. The van der Waals surface area contributed by atoms with Crippen LogP contribution in [0.2, 0.25) is 0 Å². The number of H-pyrrole nitrogens is 1. The predicted molar refractivity (Wildman–Crippen MR) is 111 cm³/mol. The minimum absolute atomic E-state index is 0.115. The minimum Gasteiger partial charge on any atom is -0.345 e. The Morgan fingerprint density at radius 2 is 2.14 bits per heavy atom. The van der Waals surface area contributed by atoms with Crippen LogP contribution in [0.1, 0.15) is 41.7 Å². The molecule has 1 fully saturated rings. The third-order valence-corrected chi connectivity index (χ3v) is 5.48. The van der Waals surface area contributed by atoms with Crippen LogP contribution in [0.15, 0.2) is 47.5 Å². The van der Waals surface area contributed by atoms with Gasteiger partial charge in [-0.3, -0.25) is 19.4 Å². The second-order valence-corrected chi connectivity index (χ2v) is 7.60. The number of piperidine rings is 1. The molecular formula is C22H28N4O3. The lowest BCUT2D eigenvalue weighted by atomic mass is 9.92. The van der Waals surface area contributed by atoms with Crippen LogP contribution in [-0.2, 0) is 11.2 Å². The molecule has 7 heteroatoms. The van der Waals surface area contributed by atoms with Gasteiger partial charge >= 0.3 is 0 Å². The molecule has 0 saturated carbocycles. The Balaban J connectivity index is 1.46. The predicted octanol–water partition coefficient (Wildman–Crippen LogP) is 2.10. The molecule has 1 atom stereocenters. The first-order valence-electron chi connectivity index (χ1n) is 10.2. The smallest absolute Gasteiger partial charge is 0.260 e. The molecule has 0 aromatic carbocycles. The van der Waals surface area contributed by atoms with Gasteiger partial charge in [0, 0.05) is 57.6 Å². The van der Waals surface area contributed by atoms with E-state index in [2.05, 4.69) is 9.97 Å². The standard InChI is InChI=1S/C22H28N4O3/c1-25(15-11-18-7-2-3-12-23-18)20(27)10-9-17-6-5-14-26(16-17)22(29)19-8-4-13-24-21(19)28/h2-4,7-8,12-13,17H,5-6,9-11,14-16H2,1H3,(H,24,28)/t17-/m1/s1. The molecule has 2 amide bonds. The van der Waals surface area contributed by atoms with Gasteiger partial charge in [-0.05, 0) is 49.4 Å². The summed E-state index contributed by atoms with van der Waals surface area (Å²) in [5.41, 5.74) is 0.798. The first-order valence-corrected chi connectivity index (χ1v) is 10.2. The van der Waals surface area contributed by atoms with Gasteiger partial charge in [-0.1, -0.05) is 6.07 Å². The highest BCUT2D eigenvalue weighted by Crippen LogP contribution is 2.22. The van der Waals surface area contributed by atoms with Crippen molar-refractivity contribution in [2.24, 2.45) is 5.92 Å². The third kappa shape index (κ3) is 5.76. The van der Waals surface area contributed by atoms with Crippen molar-refractivity contribution in [2.75, 3.05) is 26.7 Å². The van der Waals surface area contributed by atoms with E-state index in [0.717, 1.165) is 31.4 Å². The zero-order chi connectivity index (χ0) is 20.6. The third-order valence-electron chi connectivity index (χ3n) is 5.48. The van der Waals surface area contributed by atoms with Crippen LogP contribution in [0.5, 0.6) is 0 Å². The van der Waals surface area contributed by atoms with Crippen molar-refractivity contribution >= 4 is 11.8 Å². The summed E-state index contributed by atoms with van der Waals surface area (Å²) in [6, 6.07) is 9.01. The average Bonchev–Trinajstić information content (AvgIpc) is 2.76. The Labute approximate surface area is 170 Å². The lowest BCUT2D eigenvalue weighted by molar-refractivity contribution is -0.130. The van der Waals surface area contributed by atoms with Crippen LogP contribution < -0.4 is 5.56 Å². The number of rotatable bonds is 7. The summed E-state index contributed by atoms with van der Waals surface area (Å²) in [6.07, 6.45) is 7.13. The van der Waals surface area contributed by atoms with Crippen LogP contribution in [0.25, 0.3) is 0 Å². The van der Waals surface area contributed by atoms with Crippen molar-refractivity contribution in [1.82, 2.24) is 19.8 Å². The molecule has 3 heterocycles. The largest absolute Gasteiger partial charge is 0.345 e. The number of carbonyl (C=O) groups excluding carboxylic acids is 2. The van der Waals surface area contributed by atoms with Gasteiger partial charge in [0.2, 0.25) is 5.91 Å². The fourth-order valence-electron chi connectivity index (χ4n) is 3.72. The van der Waals surface area contributed by atoms with Crippen molar-refractivity contribution in [1.29, 1.82) is 0 Å². The van der Waals surface area contributed by atoms with Crippen LogP contribution in [0.3, 0.4) is 0 Å². The molecule has 1 aliphatic heterocycles. The first-order chi connectivity index (χ1) is 14.0. The maximum Gasteiger partial charge on any atom is 0.260 e. The number of likely N-dealkylation sites (tertiary alicyclic amines) is 1. The molecule has 2 aromatic rings. The molecule has 154 valence electrons. The molecule has 2 aromatic heterocycles. The highest BCUT2D eigenvalue weighted by atomic mass is 16.2. The van der Waals surface area contributed by atoms with E-state index in [1.54, 1.807) is 28.1 Å². The van der Waals surface area contributed by atoms with Crippen LogP contribution >= 0.6 is 0 Å². The van der Waals surface area contributed by atoms with Gasteiger partial charge in [0.1, 0.15) is 5.56 Å². The fourth-order valence-corrected chi connectivity index (χ4v) is 3.72. The van der Waals surface area contributed by atoms with E-state index in [0.29, 0.717) is 26.1 Å². The lowest BCUT2D eigenvalue weighted by Gasteiger charge is -2.33. The van der Waals surface area contributed by atoms with Gasteiger partial charge < -0.3 is 14.8 Å². The van der Waals surface area contributed by atoms with E-state index in [9.17, 15) is 14.4 Å². The van der Waals surface area contributed by atoms with E-state index in [1.165, 1.54) is 6.20 Å². The normalized spacial score (nSPS) is 16.4. The summed E-state index contributed by atoms with van der Waals surface area (Å²) in [5.74, 6) is 0.169. The number of pyridine rings is 2. The van der Waals surface area contributed by atoms with Crippen LogP contribution in [0, 0.1) is 5.92 Å².